The molecule has 0 radical (unpaired) electrons. The first-order valence-corrected chi connectivity index (χ1v) is 9.55. The van der Waals surface area contributed by atoms with Crippen LogP contribution < -0.4 is 5.73 Å². The number of nitrogens with zero attached hydrogens (tertiary/aromatic N) is 4. The number of rotatable bonds is 4. The van der Waals surface area contributed by atoms with Gasteiger partial charge in [0.1, 0.15) is 24.1 Å². The fourth-order valence-electron chi connectivity index (χ4n) is 4.06. The number of nitrogens with two attached hydrogens (primary N) is 1. The van der Waals surface area contributed by atoms with Crippen LogP contribution in [0.2, 0.25) is 0 Å². The number of hydrogen-bond donors (Lipinski definition) is 3. The van der Waals surface area contributed by atoms with Crippen molar-refractivity contribution in [1.82, 2.24) is 19.5 Å². The van der Waals surface area contributed by atoms with Gasteiger partial charge in [-0.3, -0.25) is 4.57 Å². The highest BCUT2D eigenvalue weighted by Crippen LogP contribution is 2.34. The molecule has 0 spiro atoms. The lowest BCUT2D eigenvalue weighted by molar-refractivity contribution is -0.0367. The SMILES string of the molecule is Nc1ncnc2c1ncn2[C@@H]1O[C@H](CCc2cccc3ccccc23)[C@@H](O)[C@H]1O. The van der Waals surface area contributed by atoms with Crippen LogP contribution in [0.15, 0.2) is 55.1 Å². The Labute approximate surface area is 166 Å². The topological polar surface area (TPSA) is 119 Å². The molecule has 148 valence electrons. The summed E-state index contributed by atoms with van der Waals surface area (Å²) in [7, 11) is 0. The van der Waals surface area contributed by atoms with Crippen LogP contribution in [0, 0.1) is 0 Å². The number of imidazole rings is 1. The number of fused-ring (bicyclic) bond motifs is 2. The second-order valence-electron chi connectivity index (χ2n) is 7.31. The number of benzene rings is 2. The maximum atomic E-state index is 10.6. The summed E-state index contributed by atoms with van der Waals surface area (Å²) in [5.74, 6) is 0.259. The second kappa shape index (κ2) is 7.07. The van der Waals surface area contributed by atoms with Gasteiger partial charge in [-0.15, -0.1) is 0 Å². The molecule has 1 aliphatic heterocycles. The molecule has 1 aliphatic rings. The summed E-state index contributed by atoms with van der Waals surface area (Å²) in [6.45, 7) is 0. The van der Waals surface area contributed by atoms with E-state index in [1.165, 1.54) is 29.0 Å². The summed E-state index contributed by atoms with van der Waals surface area (Å²) in [6, 6.07) is 14.4. The molecule has 8 nitrogen and oxygen atoms in total. The number of hydrogen-bond acceptors (Lipinski definition) is 7. The lowest BCUT2D eigenvalue weighted by atomic mass is 9.98. The van der Waals surface area contributed by atoms with Crippen molar-refractivity contribution in [1.29, 1.82) is 0 Å². The molecule has 5 rings (SSSR count). The minimum Gasteiger partial charge on any atom is -0.388 e. The van der Waals surface area contributed by atoms with E-state index in [4.69, 9.17) is 10.5 Å². The highest BCUT2D eigenvalue weighted by atomic mass is 16.6. The summed E-state index contributed by atoms with van der Waals surface area (Å²) in [4.78, 5) is 12.3. The number of nitrogen functional groups attached to an aromatic ring is 1. The molecule has 8 heteroatoms. The van der Waals surface area contributed by atoms with E-state index >= 15 is 0 Å². The van der Waals surface area contributed by atoms with Crippen LogP contribution in [0.1, 0.15) is 18.2 Å². The Morgan fingerprint density at radius 2 is 1.83 bits per heavy atom. The summed E-state index contributed by atoms with van der Waals surface area (Å²) in [5, 5.41) is 23.5. The van der Waals surface area contributed by atoms with Crippen LogP contribution >= 0.6 is 0 Å². The van der Waals surface area contributed by atoms with Gasteiger partial charge in [-0.05, 0) is 29.2 Å². The first-order chi connectivity index (χ1) is 14.1. The van der Waals surface area contributed by atoms with Crippen molar-refractivity contribution in [2.75, 3.05) is 5.73 Å². The number of aryl methyl sites for hydroxylation is 1. The third-order valence-electron chi connectivity index (χ3n) is 5.58. The minimum atomic E-state index is -1.10. The van der Waals surface area contributed by atoms with Gasteiger partial charge in [0.25, 0.3) is 0 Å². The van der Waals surface area contributed by atoms with Crippen molar-refractivity contribution in [2.24, 2.45) is 0 Å². The minimum absolute atomic E-state index is 0.259. The number of aromatic nitrogens is 4. The highest BCUT2D eigenvalue weighted by molar-refractivity contribution is 5.85. The summed E-state index contributed by atoms with van der Waals surface area (Å²) >= 11 is 0. The molecule has 2 aromatic heterocycles. The summed E-state index contributed by atoms with van der Waals surface area (Å²) < 4.78 is 7.63. The van der Waals surface area contributed by atoms with Crippen molar-refractivity contribution in [3.63, 3.8) is 0 Å². The maximum Gasteiger partial charge on any atom is 0.167 e. The quantitative estimate of drug-likeness (QED) is 0.485. The van der Waals surface area contributed by atoms with Crippen LogP contribution in [0.25, 0.3) is 21.9 Å². The van der Waals surface area contributed by atoms with Crippen molar-refractivity contribution in [2.45, 2.75) is 37.4 Å². The van der Waals surface area contributed by atoms with E-state index in [1.807, 2.05) is 18.2 Å². The Morgan fingerprint density at radius 1 is 1.00 bits per heavy atom. The van der Waals surface area contributed by atoms with E-state index in [-0.39, 0.29) is 5.82 Å². The van der Waals surface area contributed by atoms with E-state index in [0.29, 0.717) is 17.6 Å². The average Bonchev–Trinajstić information content (AvgIpc) is 3.29. The third-order valence-corrected chi connectivity index (χ3v) is 5.58. The molecule has 1 saturated heterocycles. The summed E-state index contributed by atoms with van der Waals surface area (Å²) in [6.07, 6.45) is 0.740. The zero-order chi connectivity index (χ0) is 20.0. The lowest BCUT2D eigenvalue weighted by Gasteiger charge is -2.16. The van der Waals surface area contributed by atoms with Gasteiger partial charge in [0.05, 0.1) is 12.4 Å². The molecule has 0 bridgehead atoms. The number of anilines is 1. The van der Waals surface area contributed by atoms with Gasteiger partial charge < -0.3 is 20.7 Å². The van der Waals surface area contributed by atoms with Gasteiger partial charge >= 0.3 is 0 Å². The molecule has 0 unspecified atom stereocenters. The molecule has 4 atom stereocenters. The van der Waals surface area contributed by atoms with Crippen LogP contribution in [0.4, 0.5) is 5.82 Å². The van der Waals surface area contributed by atoms with Gasteiger partial charge in [-0.2, -0.15) is 0 Å². The Morgan fingerprint density at radius 3 is 2.72 bits per heavy atom. The first-order valence-electron chi connectivity index (χ1n) is 9.55. The van der Waals surface area contributed by atoms with Crippen molar-refractivity contribution >= 4 is 27.8 Å². The zero-order valence-electron chi connectivity index (χ0n) is 15.6. The second-order valence-corrected chi connectivity index (χ2v) is 7.31. The Hall–Kier alpha value is -3.07. The molecular formula is C21H21N5O3. The maximum absolute atomic E-state index is 10.6. The molecule has 0 saturated carbocycles. The van der Waals surface area contributed by atoms with Gasteiger partial charge in [0.15, 0.2) is 17.7 Å². The predicted octanol–water partition coefficient (Wildman–Crippen LogP) is 1.81. The molecule has 4 N–H and O–H groups in total. The van der Waals surface area contributed by atoms with E-state index in [1.54, 1.807) is 4.57 Å². The number of ether oxygens (including phenoxy) is 1. The van der Waals surface area contributed by atoms with Crippen LogP contribution in [-0.4, -0.2) is 48.0 Å². The predicted molar refractivity (Wildman–Crippen MR) is 108 cm³/mol. The number of aliphatic hydroxyl groups excluding tert-OH is 2. The normalized spacial score (nSPS) is 24.5. The van der Waals surface area contributed by atoms with Crippen molar-refractivity contribution in [3.05, 3.63) is 60.7 Å². The zero-order valence-corrected chi connectivity index (χ0v) is 15.6. The molecule has 3 heterocycles. The van der Waals surface area contributed by atoms with E-state index in [2.05, 4.69) is 39.2 Å². The van der Waals surface area contributed by atoms with Gasteiger partial charge in [-0.1, -0.05) is 42.5 Å². The Balaban J connectivity index is 1.38. The largest absolute Gasteiger partial charge is 0.388 e. The summed E-state index contributed by atoms with van der Waals surface area (Å²) in [5.41, 5.74) is 7.92. The standard InChI is InChI=1S/C21H21N5O3/c22-19-16-20(24-10-23-19)26(11-25-16)21-18(28)17(27)15(29-21)9-8-13-6-3-5-12-4-1-2-7-14(12)13/h1-7,10-11,15,17-18,21,27-28H,8-9H2,(H2,22,23,24)/t15-,17-,18-,21-/m1/s1. The van der Waals surface area contributed by atoms with E-state index in [9.17, 15) is 10.2 Å². The van der Waals surface area contributed by atoms with Gasteiger partial charge in [-0.25, -0.2) is 15.0 Å². The third kappa shape index (κ3) is 3.02. The van der Waals surface area contributed by atoms with Crippen LogP contribution in [-0.2, 0) is 11.2 Å². The van der Waals surface area contributed by atoms with E-state index in [0.717, 1.165) is 6.42 Å². The molecular weight excluding hydrogens is 370 g/mol. The number of aliphatic hydroxyl groups is 2. The smallest absolute Gasteiger partial charge is 0.167 e. The van der Waals surface area contributed by atoms with Crippen molar-refractivity contribution in [3.8, 4) is 0 Å². The van der Waals surface area contributed by atoms with Crippen LogP contribution in [0.5, 0.6) is 0 Å². The molecule has 4 aromatic rings. The highest BCUT2D eigenvalue weighted by Gasteiger charge is 2.44. The molecule has 2 aromatic carbocycles. The van der Waals surface area contributed by atoms with Gasteiger partial charge in [0.2, 0.25) is 0 Å². The first kappa shape index (κ1) is 18.0. The van der Waals surface area contributed by atoms with Crippen LogP contribution in [0.3, 0.4) is 0 Å². The van der Waals surface area contributed by atoms with Crippen molar-refractivity contribution < 1.29 is 14.9 Å². The average molecular weight is 391 g/mol. The lowest BCUT2D eigenvalue weighted by Crippen LogP contribution is -2.31. The van der Waals surface area contributed by atoms with Gasteiger partial charge in [0, 0.05) is 0 Å². The molecule has 0 aliphatic carbocycles. The fraction of sp³-hybridized carbons (Fsp3) is 0.286. The monoisotopic (exact) mass is 391 g/mol. The van der Waals surface area contributed by atoms with E-state index < -0.39 is 24.5 Å². The molecule has 0 amide bonds. The fourth-order valence-corrected chi connectivity index (χ4v) is 4.06. The molecule has 1 fully saturated rings. The Kier molecular flexibility index (Phi) is 4.39. The molecule has 29 heavy (non-hydrogen) atoms. The Bertz CT molecular complexity index is 1170.